The molecule has 0 atom stereocenters. The summed E-state index contributed by atoms with van der Waals surface area (Å²) in [6.07, 6.45) is 3.82. The van der Waals surface area contributed by atoms with Gasteiger partial charge in [-0.25, -0.2) is 0 Å². The Bertz CT molecular complexity index is 827. The summed E-state index contributed by atoms with van der Waals surface area (Å²) >= 11 is 0. The quantitative estimate of drug-likeness (QED) is 0.529. The van der Waals surface area contributed by atoms with Crippen LogP contribution in [0.25, 0.3) is 23.1 Å². The fraction of sp³-hybridized carbons (Fsp3) is 0. The molecule has 0 unspecified atom stereocenters. The van der Waals surface area contributed by atoms with E-state index in [0.29, 0.717) is 5.52 Å². The standard InChI is InChI=1S/C17H12N2O2/c20-19(21)17-12-14(11-10-13-6-2-1-3-7-13)15-8-4-5-9-16(15)18-17/h1-12H. The van der Waals surface area contributed by atoms with Gasteiger partial charge in [0.1, 0.15) is 0 Å². The summed E-state index contributed by atoms with van der Waals surface area (Å²) in [5, 5.41) is 11.9. The second-order valence-electron chi connectivity index (χ2n) is 4.59. The molecule has 1 aromatic heterocycles. The summed E-state index contributed by atoms with van der Waals surface area (Å²) in [5.74, 6) is -0.138. The Kier molecular flexibility index (Phi) is 3.43. The molecule has 21 heavy (non-hydrogen) atoms. The second-order valence-corrected chi connectivity index (χ2v) is 4.59. The highest BCUT2D eigenvalue weighted by molar-refractivity contribution is 5.91. The lowest BCUT2D eigenvalue weighted by atomic mass is 10.1. The Balaban J connectivity index is 2.12. The molecule has 1 heterocycles. The van der Waals surface area contributed by atoms with Crippen molar-refractivity contribution in [1.29, 1.82) is 0 Å². The Morgan fingerprint density at radius 3 is 2.43 bits per heavy atom. The van der Waals surface area contributed by atoms with Crippen molar-refractivity contribution < 1.29 is 4.92 Å². The Morgan fingerprint density at radius 1 is 0.952 bits per heavy atom. The number of pyridine rings is 1. The number of nitro groups is 1. The van der Waals surface area contributed by atoms with Crippen molar-refractivity contribution in [1.82, 2.24) is 4.98 Å². The molecule has 0 N–H and O–H groups in total. The second kappa shape index (κ2) is 5.54. The van der Waals surface area contributed by atoms with Gasteiger partial charge in [0.05, 0.1) is 0 Å². The number of hydrogen-bond donors (Lipinski definition) is 0. The van der Waals surface area contributed by atoms with Crippen LogP contribution in [0.2, 0.25) is 0 Å². The molecule has 2 aromatic carbocycles. The van der Waals surface area contributed by atoms with E-state index in [0.717, 1.165) is 16.5 Å². The van der Waals surface area contributed by atoms with Gasteiger partial charge in [-0.15, -0.1) is 0 Å². The van der Waals surface area contributed by atoms with Crippen LogP contribution >= 0.6 is 0 Å². The molecule has 0 fully saturated rings. The summed E-state index contributed by atoms with van der Waals surface area (Å²) < 4.78 is 0. The molecule has 0 aliphatic carbocycles. The minimum Gasteiger partial charge on any atom is -0.358 e. The highest BCUT2D eigenvalue weighted by Crippen LogP contribution is 2.23. The molecule has 4 nitrogen and oxygen atoms in total. The smallest absolute Gasteiger partial charge is 0.358 e. The van der Waals surface area contributed by atoms with Crippen LogP contribution in [0.1, 0.15) is 11.1 Å². The summed E-state index contributed by atoms with van der Waals surface area (Å²) in [5.41, 5.74) is 2.46. The van der Waals surface area contributed by atoms with Crippen molar-refractivity contribution in [3.63, 3.8) is 0 Å². The number of nitrogens with zero attached hydrogens (tertiary/aromatic N) is 2. The van der Waals surface area contributed by atoms with E-state index in [1.54, 1.807) is 6.07 Å². The van der Waals surface area contributed by atoms with Crippen LogP contribution in [0.15, 0.2) is 60.7 Å². The van der Waals surface area contributed by atoms with Gasteiger partial charge in [-0.3, -0.25) is 0 Å². The van der Waals surface area contributed by atoms with Gasteiger partial charge < -0.3 is 10.1 Å². The number of para-hydroxylation sites is 1. The average Bonchev–Trinajstić information content (AvgIpc) is 2.53. The molecule has 0 bridgehead atoms. The van der Waals surface area contributed by atoms with Crippen molar-refractivity contribution in [3.05, 3.63) is 81.9 Å². The van der Waals surface area contributed by atoms with Crippen molar-refractivity contribution in [2.24, 2.45) is 0 Å². The molecule has 4 heteroatoms. The summed E-state index contributed by atoms with van der Waals surface area (Å²) in [7, 11) is 0. The minimum atomic E-state index is -0.466. The van der Waals surface area contributed by atoms with Crippen LogP contribution in [0.5, 0.6) is 0 Å². The lowest BCUT2D eigenvalue weighted by Gasteiger charge is -2.00. The highest BCUT2D eigenvalue weighted by atomic mass is 16.6. The predicted molar refractivity (Wildman–Crippen MR) is 83.8 cm³/mol. The van der Waals surface area contributed by atoms with E-state index in [2.05, 4.69) is 4.98 Å². The Morgan fingerprint density at radius 2 is 1.67 bits per heavy atom. The largest absolute Gasteiger partial charge is 0.364 e. The average molecular weight is 276 g/mol. The van der Waals surface area contributed by atoms with Gasteiger partial charge in [-0.1, -0.05) is 54.6 Å². The van der Waals surface area contributed by atoms with Gasteiger partial charge in [-0.05, 0) is 33.2 Å². The molecule has 3 rings (SSSR count). The third-order valence-electron chi connectivity index (χ3n) is 3.18. The number of aromatic nitrogens is 1. The fourth-order valence-corrected chi connectivity index (χ4v) is 2.17. The van der Waals surface area contributed by atoms with Gasteiger partial charge in [0.15, 0.2) is 5.52 Å². The molecule has 0 saturated carbocycles. The predicted octanol–water partition coefficient (Wildman–Crippen LogP) is 4.31. The summed E-state index contributed by atoms with van der Waals surface area (Å²) in [4.78, 5) is 14.6. The van der Waals surface area contributed by atoms with E-state index >= 15 is 0 Å². The molecule has 0 radical (unpaired) electrons. The van der Waals surface area contributed by atoms with E-state index < -0.39 is 4.92 Å². The highest BCUT2D eigenvalue weighted by Gasteiger charge is 2.12. The zero-order chi connectivity index (χ0) is 14.7. The summed E-state index contributed by atoms with van der Waals surface area (Å²) in [6, 6.07) is 18.7. The normalized spacial score (nSPS) is 11.0. The Labute approximate surface area is 121 Å². The first-order chi connectivity index (χ1) is 10.2. The maximum atomic E-state index is 11.0. The first-order valence-electron chi connectivity index (χ1n) is 6.51. The zero-order valence-corrected chi connectivity index (χ0v) is 11.1. The number of benzene rings is 2. The van der Waals surface area contributed by atoms with Crippen LogP contribution in [-0.4, -0.2) is 9.91 Å². The van der Waals surface area contributed by atoms with Gasteiger partial charge in [0.2, 0.25) is 0 Å². The van der Waals surface area contributed by atoms with E-state index in [-0.39, 0.29) is 5.82 Å². The molecule has 102 valence electrons. The topological polar surface area (TPSA) is 56.0 Å². The third kappa shape index (κ3) is 2.79. The van der Waals surface area contributed by atoms with Gasteiger partial charge in [0, 0.05) is 11.5 Å². The lowest BCUT2D eigenvalue weighted by molar-refractivity contribution is -0.389. The van der Waals surface area contributed by atoms with Gasteiger partial charge in [0.25, 0.3) is 0 Å². The molecule has 0 aliphatic rings. The van der Waals surface area contributed by atoms with Crippen LogP contribution in [0.4, 0.5) is 5.82 Å². The van der Waals surface area contributed by atoms with Crippen molar-refractivity contribution in [2.75, 3.05) is 0 Å². The van der Waals surface area contributed by atoms with E-state index in [1.807, 2.05) is 60.7 Å². The van der Waals surface area contributed by atoms with Crippen LogP contribution in [-0.2, 0) is 0 Å². The SMILES string of the molecule is O=[N+]([O-])c1cc(C=Cc2ccccc2)c2ccccc2n1. The first kappa shape index (κ1) is 13.0. The third-order valence-corrected chi connectivity index (χ3v) is 3.18. The summed E-state index contributed by atoms with van der Waals surface area (Å²) in [6.45, 7) is 0. The maximum Gasteiger partial charge on any atom is 0.364 e. The number of fused-ring (bicyclic) bond motifs is 1. The molecular weight excluding hydrogens is 264 g/mol. The number of rotatable bonds is 3. The van der Waals surface area contributed by atoms with Crippen molar-refractivity contribution in [2.45, 2.75) is 0 Å². The van der Waals surface area contributed by atoms with Crippen LogP contribution < -0.4 is 0 Å². The lowest BCUT2D eigenvalue weighted by Crippen LogP contribution is -1.94. The fourth-order valence-electron chi connectivity index (χ4n) is 2.17. The van der Waals surface area contributed by atoms with Crippen molar-refractivity contribution >= 4 is 28.9 Å². The number of hydrogen-bond acceptors (Lipinski definition) is 3. The molecule has 0 saturated heterocycles. The minimum absolute atomic E-state index is 0.138. The van der Waals surface area contributed by atoms with Gasteiger partial charge in [-0.2, -0.15) is 0 Å². The van der Waals surface area contributed by atoms with Crippen molar-refractivity contribution in [3.8, 4) is 0 Å². The molecule has 3 aromatic rings. The molecular formula is C17H12N2O2. The zero-order valence-electron chi connectivity index (χ0n) is 11.1. The van der Waals surface area contributed by atoms with E-state index in [9.17, 15) is 10.1 Å². The maximum absolute atomic E-state index is 11.0. The first-order valence-corrected chi connectivity index (χ1v) is 6.51. The molecule has 0 amide bonds. The van der Waals surface area contributed by atoms with Gasteiger partial charge >= 0.3 is 5.82 Å². The monoisotopic (exact) mass is 276 g/mol. The van der Waals surface area contributed by atoms with Crippen LogP contribution in [0, 0.1) is 10.1 Å². The molecule has 0 aliphatic heterocycles. The Hall–Kier alpha value is -3.01. The van der Waals surface area contributed by atoms with Crippen LogP contribution in [0.3, 0.4) is 0 Å². The van der Waals surface area contributed by atoms with E-state index in [4.69, 9.17) is 0 Å². The molecule has 0 spiro atoms. The van der Waals surface area contributed by atoms with E-state index in [1.165, 1.54) is 6.07 Å².